The highest BCUT2D eigenvalue weighted by Gasteiger charge is 2.21. The molecule has 1 saturated carbocycles. The lowest BCUT2D eigenvalue weighted by Gasteiger charge is -2.08. The van der Waals surface area contributed by atoms with Gasteiger partial charge in [-0.2, -0.15) is 0 Å². The van der Waals surface area contributed by atoms with Gasteiger partial charge in [-0.1, -0.05) is 0 Å². The van der Waals surface area contributed by atoms with Crippen LogP contribution >= 0.6 is 12.2 Å². The molecule has 1 fully saturated rings. The normalized spacial score (nSPS) is 14.5. The molecule has 1 aliphatic rings. The van der Waals surface area contributed by atoms with Crippen LogP contribution in [0.1, 0.15) is 12.8 Å². The third-order valence-electron chi connectivity index (χ3n) is 1.43. The minimum absolute atomic E-state index is 0.289. The quantitative estimate of drug-likeness (QED) is 0.227. The molecule has 0 radical (unpaired) electrons. The standard InChI is InChI=1S/C6H10N4O2S/c7-4(11)5(12)9-10-6(13)8-3-1-2-3/h3H,1-2H2,(H2,7,11)(H,9,12)(H2,8,10,13). The fourth-order valence-electron chi connectivity index (χ4n) is 0.624. The van der Waals surface area contributed by atoms with Crippen molar-refractivity contribution in [2.75, 3.05) is 0 Å². The van der Waals surface area contributed by atoms with Gasteiger partial charge in [-0.25, -0.2) is 0 Å². The smallest absolute Gasteiger partial charge is 0.327 e. The molecule has 0 unspecified atom stereocenters. The van der Waals surface area contributed by atoms with E-state index in [1.807, 2.05) is 5.43 Å². The Hall–Kier alpha value is -1.37. The molecule has 0 bridgehead atoms. The number of hydrazine groups is 1. The molecule has 0 saturated heterocycles. The number of nitrogens with one attached hydrogen (secondary N) is 3. The fraction of sp³-hybridized carbons (Fsp3) is 0.500. The van der Waals surface area contributed by atoms with E-state index in [0.717, 1.165) is 12.8 Å². The summed E-state index contributed by atoms with van der Waals surface area (Å²) in [5.41, 5.74) is 9.08. The Morgan fingerprint density at radius 2 is 1.92 bits per heavy atom. The second-order valence-corrected chi connectivity index (χ2v) is 3.10. The zero-order valence-electron chi connectivity index (χ0n) is 6.79. The van der Waals surface area contributed by atoms with Crippen LogP contribution in [0.4, 0.5) is 0 Å². The van der Waals surface area contributed by atoms with Crippen molar-refractivity contribution in [3.05, 3.63) is 0 Å². The summed E-state index contributed by atoms with van der Waals surface area (Å²) in [6, 6.07) is 0.394. The van der Waals surface area contributed by atoms with Gasteiger partial charge < -0.3 is 11.1 Å². The highest BCUT2D eigenvalue weighted by atomic mass is 32.1. The highest BCUT2D eigenvalue weighted by Crippen LogP contribution is 2.17. The molecule has 0 aromatic heterocycles. The first-order valence-corrected chi connectivity index (χ1v) is 4.16. The van der Waals surface area contributed by atoms with Gasteiger partial charge in [-0.15, -0.1) is 0 Å². The number of amides is 2. The van der Waals surface area contributed by atoms with Crippen LogP contribution < -0.4 is 21.9 Å². The molecular formula is C6H10N4O2S. The van der Waals surface area contributed by atoms with Gasteiger partial charge in [0.2, 0.25) is 0 Å². The van der Waals surface area contributed by atoms with Gasteiger partial charge in [0.05, 0.1) is 0 Å². The molecule has 1 aliphatic carbocycles. The zero-order chi connectivity index (χ0) is 9.84. The number of thiocarbonyl (C=S) groups is 1. The summed E-state index contributed by atoms with van der Waals surface area (Å²) >= 11 is 4.79. The Labute approximate surface area is 80.2 Å². The first-order chi connectivity index (χ1) is 6.09. The first-order valence-electron chi connectivity index (χ1n) is 3.76. The summed E-state index contributed by atoms with van der Waals surface area (Å²) in [7, 11) is 0. The van der Waals surface area contributed by atoms with Gasteiger partial charge in [-0.3, -0.25) is 20.4 Å². The van der Waals surface area contributed by atoms with Crippen molar-refractivity contribution in [2.24, 2.45) is 5.73 Å². The van der Waals surface area contributed by atoms with Crippen molar-refractivity contribution in [1.82, 2.24) is 16.2 Å². The maximum Gasteiger partial charge on any atom is 0.327 e. The molecule has 72 valence electrons. The van der Waals surface area contributed by atoms with Crippen LogP contribution in [0.3, 0.4) is 0 Å². The number of nitrogens with two attached hydrogens (primary N) is 1. The summed E-state index contributed by atoms with van der Waals surface area (Å²) in [6.07, 6.45) is 2.15. The highest BCUT2D eigenvalue weighted by molar-refractivity contribution is 7.80. The van der Waals surface area contributed by atoms with Gasteiger partial charge in [0.1, 0.15) is 0 Å². The van der Waals surface area contributed by atoms with Crippen LogP contribution in [0.25, 0.3) is 0 Å². The maximum atomic E-state index is 10.6. The molecular weight excluding hydrogens is 192 g/mol. The van der Waals surface area contributed by atoms with E-state index in [2.05, 4.69) is 16.5 Å². The predicted molar refractivity (Wildman–Crippen MR) is 49.2 cm³/mol. The molecule has 13 heavy (non-hydrogen) atoms. The molecule has 0 spiro atoms. The average molecular weight is 202 g/mol. The second kappa shape index (κ2) is 4.04. The van der Waals surface area contributed by atoms with E-state index < -0.39 is 11.8 Å². The lowest BCUT2D eigenvalue weighted by atomic mass is 10.6. The van der Waals surface area contributed by atoms with Gasteiger partial charge in [0.25, 0.3) is 0 Å². The van der Waals surface area contributed by atoms with Crippen LogP contribution in [0, 0.1) is 0 Å². The molecule has 7 heteroatoms. The van der Waals surface area contributed by atoms with E-state index in [1.165, 1.54) is 0 Å². The van der Waals surface area contributed by atoms with Crippen molar-refractivity contribution in [3.63, 3.8) is 0 Å². The van der Waals surface area contributed by atoms with Crippen LogP contribution in [-0.2, 0) is 9.59 Å². The van der Waals surface area contributed by atoms with Gasteiger partial charge in [0, 0.05) is 6.04 Å². The third kappa shape index (κ3) is 3.70. The zero-order valence-corrected chi connectivity index (χ0v) is 7.61. The second-order valence-electron chi connectivity index (χ2n) is 2.69. The van der Waals surface area contributed by atoms with E-state index in [4.69, 9.17) is 12.2 Å². The molecule has 0 heterocycles. The van der Waals surface area contributed by atoms with Crippen LogP contribution in [0.15, 0.2) is 0 Å². The summed E-state index contributed by atoms with van der Waals surface area (Å²) in [6.45, 7) is 0. The van der Waals surface area contributed by atoms with Crippen LogP contribution in [-0.4, -0.2) is 23.0 Å². The first kappa shape index (κ1) is 9.72. The van der Waals surface area contributed by atoms with Gasteiger partial charge in [0.15, 0.2) is 5.11 Å². The van der Waals surface area contributed by atoms with Crippen molar-refractivity contribution in [3.8, 4) is 0 Å². The summed E-state index contributed by atoms with van der Waals surface area (Å²) in [4.78, 5) is 20.9. The molecule has 2 amide bonds. The van der Waals surface area contributed by atoms with Crippen molar-refractivity contribution in [2.45, 2.75) is 18.9 Å². The van der Waals surface area contributed by atoms with E-state index in [9.17, 15) is 9.59 Å². The molecule has 1 rings (SSSR count). The molecule has 0 aliphatic heterocycles. The lowest BCUT2D eigenvalue weighted by Crippen LogP contribution is -2.50. The molecule has 0 aromatic carbocycles. The molecule has 5 N–H and O–H groups in total. The van der Waals surface area contributed by atoms with E-state index >= 15 is 0 Å². The minimum atomic E-state index is -1.05. The number of rotatable bonds is 1. The number of carbonyl (C=O) groups excluding carboxylic acids is 2. The number of primary amides is 1. The monoisotopic (exact) mass is 202 g/mol. The maximum absolute atomic E-state index is 10.6. The number of hydrogen-bond acceptors (Lipinski definition) is 3. The Balaban J connectivity index is 2.13. The SMILES string of the molecule is NC(=O)C(=O)NNC(=S)NC1CC1. The Kier molecular flexibility index (Phi) is 3.02. The number of carbonyl (C=O) groups is 2. The summed E-state index contributed by atoms with van der Waals surface area (Å²) < 4.78 is 0. The van der Waals surface area contributed by atoms with Crippen molar-refractivity contribution < 1.29 is 9.59 Å². The minimum Gasteiger partial charge on any atom is -0.361 e. The van der Waals surface area contributed by atoms with Gasteiger partial charge >= 0.3 is 11.8 Å². The Morgan fingerprint density at radius 1 is 1.31 bits per heavy atom. The predicted octanol–water partition coefficient (Wildman–Crippen LogP) is -1.87. The molecule has 0 atom stereocenters. The topological polar surface area (TPSA) is 96.2 Å². The summed E-state index contributed by atoms with van der Waals surface area (Å²) in [5, 5.41) is 3.19. The van der Waals surface area contributed by atoms with E-state index in [1.54, 1.807) is 0 Å². The third-order valence-corrected chi connectivity index (χ3v) is 1.65. The van der Waals surface area contributed by atoms with E-state index in [-0.39, 0.29) is 5.11 Å². The fourth-order valence-corrected chi connectivity index (χ4v) is 0.842. The van der Waals surface area contributed by atoms with E-state index in [0.29, 0.717) is 6.04 Å². The van der Waals surface area contributed by atoms with Crippen molar-refractivity contribution in [1.29, 1.82) is 0 Å². The molecule has 6 nitrogen and oxygen atoms in total. The average Bonchev–Trinajstić information content (AvgIpc) is 2.83. The van der Waals surface area contributed by atoms with Crippen molar-refractivity contribution >= 4 is 29.1 Å². The lowest BCUT2D eigenvalue weighted by molar-refractivity contribution is -0.137. The van der Waals surface area contributed by atoms with Crippen LogP contribution in [0.2, 0.25) is 0 Å². The Bertz CT molecular complexity index is 251. The number of hydrogen-bond donors (Lipinski definition) is 4. The largest absolute Gasteiger partial charge is 0.361 e. The van der Waals surface area contributed by atoms with Gasteiger partial charge in [-0.05, 0) is 25.1 Å². The van der Waals surface area contributed by atoms with Crippen LogP contribution in [0.5, 0.6) is 0 Å². The Morgan fingerprint density at radius 3 is 2.38 bits per heavy atom. The summed E-state index contributed by atoms with van der Waals surface area (Å²) in [5.74, 6) is -1.97. The molecule has 0 aromatic rings.